The summed E-state index contributed by atoms with van der Waals surface area (Å²) in [5.74, 6) is 0.240. The Morgan fingerprint density at radius 2 is 2.02 bits per heavy atom. The Kier molecular flexibility index (Phi) is 10.4. The molecule has 224 valence electrons. The highest BCUT2D eigenvalue weighted by atomic mass is 35.5. The van der Waals surface area contributed by atoms with Gasteiger partial charge >= 0.3 is 0 Å². The van der Waals surface area contributed by atoms with Crippen LogP contribution in [0, 0.1) is 0 Å². The van der Waals surface area contributed by atoms with E-state index in [1.807, 2.05) is 13.8 Å². The Morgan fingerprint density at radius 1 is 1.26 bits per heavy atom. The molecule has 4 atom stereocenters. The molecule has 0 bridgehead atoms. The molecule has 1 aliphatic rings. The highest BCUT2D eigenvalue weighted by molar-refractivity contribution is 6.30. The molecule has 3 aromatic rings. The number of carbonyl (C=O) groups is 2. The number of nitrogens with zero attached hydrogens (tertiary/aromatic N) is 8. The molecule has 2 aromatic heterocycles. The predicted molar refractivity (Wildman–Crippen MR) is 154 cm³/mol. The van der Waals surface area contributed by atoms with Crippen LogP contribution in [0.4, 0.5) is 5.82 Å². The fraction of sp³-hybridized carbons (Fsp3) is 0.500. The van der Waals surface area contributed by atoms with Crippen molar-refractivity contribution >= 4 is 40.4 Å². The molecular weight excluding hydrogens is 568 g/mol. The molecule has 0 spiro atoms. The molecule has 1 fully saturated rings. The second-order valence-electron chi connectivity index (χ2n) is 9.57. The highest BCUT2D eigenvalue weighted by Gasteiger charge is 2.48. The van der Waals surface area contributed by atoms with E-state index in [-0.39, 0.29) is 19.1 Å². The van der Waals surface area contributed by atoms with Crippen molar-refractivity contribution in [2.75, 3.05) is 32.1 Å². The topological polar surface area (TPSA) is 192 Å². The lowest BCUT2D eigenvalue weighted by atomic mass is 10.1. The van der Waals surface area contributed by atoms with Gasteiger partial charge in [-0.3, -0.25) is 14.2 Å². The number of amides is 2. The first-order valence-electron chi connectivity index (χ1n) is 13.5. The quantitative estimate of drug-likeness (QED) is 0.150. The van der Waals surface area contributed by atoms with E-state index >= 15 is 0 Å². The van der Waals surface area contributed by atoms with Gasteiger partial charge in [0.1, 0.15) is 30.3 Å². The minimum atomic E-state index is -1.34. The molecule has 2 amide bonds. The number of aromatic nitrogens is 4. The second kappa shape index (κ2) is 14.1. The van der Waals surface area contributed by atoms with E-state index in [2.05, 4.69) is 35.6 Å². The molecule has 3 N–H and O–H groups in total. The third-order valence-corrected chi connectivity index (χ3v) is 6.96. The summed E-state index contributed by atoms with van der Waals surface area (Å²) in [4.78, 5) is 42.5. The normalized spacial score (nSPS) is 19.7. The average molecular weight is 601 g/mol. The summed E-state index contributed by atoms with van der Waals surface area (Å²) in [5.41, 5.74) is 10.3. The summed E-state index contributed by atoms with van der Waals surface area (Å²) in [5, 5.41) is 20.6. The number of hydrogen-bond acceptors (Lipinski definition) is 10. The molecule has 0 saturated carbocycles. The molecule has 15 nitrogen and oxygen atoms in total. The number of hydrogen-bond donors (Lipinski definition) is 3. The van der Waals surface area contributed by atoms with E-state index in [0.29, 0.717) is 46.4 Å². The summed E-state index contributed by atoms with van der Waals surface area (Å²) in [7, 11) is 1.41. The van der Waals surface area contributed by atoms with Gasteiger partial charge in [0, 0.05) is 42.2 Å². The third kappa shape index (κ3) is 6.65. The van der Waals surface area contributed by atoms with E-state index in [0.717, 1.165) is 12.8 Å². The highest BCUT2D eigenvalue weighted by Crippen LogP contribution is 2.34. The summed E-state index contributed by atoms with van der Waals surface area (Å²) in [6.45, 7) is 5.52. The summed E-state index contributed by atoms with van der Waals surface area (Å²) in [6.07, 6.45) is 0.796. The first-order chi connectivity index (χ1) is 20.3. The number of benzene rings is 1. The van der Waals surface area contributed by atoms with Crippen molar-refractivity contribution in [2.45, 2.75) is 57.7 Å². The Bertz CT molecular complexity index is 1460. The standard InChI is InChI=1S/C26H33ClN10O5/c1-4-8-36(9-5-2)18(38)12-41-17-7-6-16(27)10-15(17)11-30-23-20-24(32-13-31-23)37(14-33-20)26-21(39)19(34-35-28)22(42-26)25(40)29-3/h6-7,10,13-14,19,21-22,26,39H,4-5,8-9,11-12H2,1-3H3,(H,29,40)(H,30,31,32)/t19-,21+,22-,26+/m0/s1. The fourth-order valence-corrected chi connectivity index (χ4v) is 4.94. The number of imidazole rings is 1. The van der Waals surface area contributed by atoms with Crippen molar-refractivity contribution < 1.29 is 24.2 Å². The Balaban J connectivity index is 1.53. The van der Waals surface area contributed by atoms with Gasteiger partial charge in [0.15, 0.2) is 29.8 Å². The van der Waals surface area contributed by atoms with E-state index in [1.54, 1.807) is 23.1 Å². The Hall–Kier alpha value is -4.17. The van der Waals surface area contributed by atoms with E-state index < -0.39 is 30.4 Å². The third-order valence-electron chi connectivity index (χ3n) is 6.72. The van der Waals surface area contributed by atoms with E-state index in [1.165, 1.54) is 24.3 Å². The molecule has 0 radical (unpaired) electrons. The monoisotopic (exact) mass is 600 g/mol. The maximum Gasteiger partial charge on any atom is 0.260 e. The Morgan fingerprint density at radius 3 is 2.71 bits per heavy atom. The second-order valence-corrected chi connectivity index (χ2v) is 10.0. The SMILES string of the molecule is CCCN(CCC)C(=O)COc1ccc(Cl)cc1CNc1ncnc2c1ncn2[C@@H]1O[C@H](C(=O)NC)[C@@H](N=[N+]=[N-])[C@H]1O. The molecule has 0 aliphatic carbocycles. The minimum Gasteiger partial charge on any atom is -0.483 e. The summed E-state index contributed by atoms with van der Waals surface area (Å²) < 4.78 is 13.1. The first kappa shape index (κ1) is 30.8. The van der Waals surface area contributed by atoms with Gasteiger partial charge in [-0.15, -0.1) is 0 Å². The van der Waals surface area contributed by atoms with E-state index in [4.69, 9.17) is 26.6 Å². The van der Waals surface area contributed by atoms with Crippen LogP contribution in [0.3, 0.4) is 0 Å². The number of carbonyl (C=O) groups excluding carboxylic acids is 2. The van der Waals surface area contributed by atoms with E-state index in [9.17, 15) is 14.7 Å². The van der Waals surface area contributed by atoms with Gasteiger partial charge in [-0.2, -0.15) is 0 Å². The van der Waals surface area contributed by atoms with Crippen molar-refractivity contribution in [3.8, 4) is 5.75 Å². The predicted octanol–water partition coefficient (Wildman–Crippen LogP) is 2.80. The zero-order valence-corrected chi connectivity index (χ0v) is 24.2. The maximum absolute atomic E-state index is 12.7. The number of ether oxygens (including phenoxy) is 2. The summed E-state index contributed by atoms with van der Waals surface area (Å²) in [6, 6.07) is 3.98. The maximum atomic E-state index is 12.7. The smallest absolute Gasteiger partial charge is 0.260 e. The van der Waals surface area contributed by atoms with Crippen LogP contribution in [0.2, 0.25) is 5.02 Å². The number of anilines is 1. The number of likely N-dealkylation sites (N-methyl/N-ethyl adjacent to an activating group) is 1. The molecular formula is C26H33ClN10O5. The number of nitrogens with one attached hydrogen (secondary N) is 2. The number of aliphatic hydroxyl groups is 1. The van der Waals surface area contributed by atoms with Crippen LogP contribution < -0.4 is 15.4 Å². The van der Waals surface area contributed by atoms with Gasteiger partial charge < -0.3 is 30.1 Å². The van der Waals surface area contributed by atoms with Crippen LogP contribution in [-0.4, -0.2) is 86.3 Å². The zero-order valence-electron chi connectivity index (χ0n) is 23.5. The van der Waals surface area contributed by atoms with Gasteiger partial charge in [0.2, 0.25) is 5.91 Å². The van der Waals surface area contributed by atoms with Crippen molar-refractivity contribution in [1.82, 2.24) is 29.7 Å². The van der Waals surface area contributed by atoms with Gasteiger partial charge in [-0.25, -0.2) is 15.0 Å². The number of fused-ring (bicyclic) bond motifs is 1. The molecule has 1 aliphatic heterocycles. The Labute approximate surface area is 246 Å². The van der Waals surface area contributed by atoms with Gasteiger partial charge in [0.05, 0.1) is 6.33 Å². The number of halogens is 1. The molecule has 1 aromatic carbocycles. The molecule has 4 rings (SSSR count). The van der Waals surface area contributed by atoms with Crippen molar-refractivity contribution in [3.63, 3.8) is 0 Å². The first-order valence-corrected chi connectivity index (χ1v) is 13.9. The molecule has 1 saturated heterocycles. The number of azide groups is 1. The average Bonchev–Trinajstić information content (AvgIpc) is 3.56. The lowest BCUT2D eigenvalue weighted by Gasteiger charge is -2.22. The van der Waals surface area contributed by atoms with Crippen LogP contribution in [0.25, 0.3) is 21.6 Å². The van der Waals surface area contributed by atoms with Crippen LogP contribution in [0.1, 0.15) is 38.5 Å². The van der Waals surface area contributed by atoms with Gasteiger partial charge in [0.25, 0.3) is 5.91 Å². The number of rotatable bonds is 13. The van der Waals surface area contributed by atoms with Crippen molar-refractivity contribution in [1.29, 1.82) is 0 Å². The minimum absolute atomic E-state index is 0.0896. The van der Waals surface area contributed by atoms with Crippen LogP contribution in [-0.2, 0) is 20.9 Å². The van der Waals surface area contributed by atoms with Gasteiger partial charge in [-0.05, 0) is 36.6 Å². The summed E-state index contributed by atoms with van der Waals surface area (Å²) >= 11 is 6.26. The fourth-order valence-electron chi connectivity index (χ4n) is 4.74. The lowest BCUT2D eigenvalue weighted by Crippen LogP contribution is -2.40. The molecule has 16 heteroatoms. The lowest BCUT2D eigenvalue weighted by molar-refractivity contribution is -0.134. The zero-order chi connectivity index (χ0) is 30.2. The van der Waals surface area contributed by atoms with Crippen molar-refractivity contribution in [2.24, 2.45) is 5.11 Å². The van der Waals surface area contributed by atoms with Crippen LogP contribution >= 0.6 is 11.6 Å². The van der Waals surface area contributed by atoms with Crippen molar-refractivity contribution in [3.05, 3.63) is 51.9 Å². The molecule has 42 heavy (non-hydrogen) atoms. The molecule has 0 unspecified atom stereocenters. The van der Waals surface area contributed by atoms with Crippen LogP contribution in [0.15, 0.2) is 36.0 Å². The van der Waals surface area contributed by atoms with Gasteiger partial charge in [-0.1, -0.05) is 30.6 Å². The largest absolute Gasteiger partial charge is 0.483 e. The molecule has 3 heterocycles. The number of aliphatic hydroxyl groups excluding tert-OH is 1. The van der Waals surface area contributed by atoms with Crippen LogP contribution in [0.5, 0.6) is 5.75 Å².